The van der Waals surface area contributed by atoms with Crippen LogP contribution in [-0.4, -0.2) is 60.0 Å². The molecule has 7 nitrogen and oxygen atoms in total. The zero-order chi connectivity index (χ0) is 22.4. The zero-order valence-corrected chi connectivity index (χ0v) is 19.6. The van der Waals surface area contributed by atoms with Crippen molar-refractivity contribution >= 4 is 33.2 Å². The molecule has 0 saturated heterocycles. The van der Waals surface area contributed by atoms with Crippen LogP contribution in [0.25, 0.3) is 0 Å². The first-order valence-corrected chi connectivity index (χ1v) is 12.2. The molecule has 2 aromatic rings. The summed E-state index contributed by atoms with van der Waals surface area (Å²) in [6.45, 7) is 2.72. The summed E-state index contributed by atoms with van der Waals surface area (Å²) in [6.07, 6.45) is 0. The minimum absolute atomic E-state index is 0.0361. The molecule has 0 bridgehead atoms. The molecule has 0 fully saturated rings. The highest BCUT2D eigenvalue weighted by atomic mass is 35.5. The summed E-state index contributed by atoms with van der Waals surface area (Å²) in [5.41, 5.74) is 8.17. The third kappa shape index (κ3) is 6.40. The van der Waals surface area contributed by atoms with Gasteiger partial charge in [-0.2, -0.15) is 0 Å². The van der Waals surface area contributed by atoms with Crippen molar-refractivity contribution in [3.8, 4) is 0 Å². The Hall–Kier alpha value is -1.23. The molecule has 10 heteroatoms. The lowest BCUT2D eigenvalue weighted by Crippen LogP contribution is -2.31. The quantitative estimate of drug-likeness (QED) is 0.395. The maximum Gasteiger partial charge on any atom is 0.240 e. The topological polar surface area (TPSA) is 93.9 Å². The highest BCUT2D eigenvalue weighted by Crippen LogP contribution is 2.38. The van der Waals surface area contributed by atoms with Gasteiger partial charge in [0, 0.05) is 35.6 Å². The molecule has 0 spiro atoms. The Labute approximate surface area is 193 Å². The lowest BCUT2D eigenvalue weighted by atomic mass is 9.85. The van der Waals surface area contributed by atoms with Crippen molar-refractivity contribution < 1.29 is 17.9 Å². The first kappa shape index (κ1) is 24.4. The number of rotatable bonds is 10. The number of nitrogens with zero attached hydrogens (tertiary/aromatic N) is 1. The number of benzene rings is 2. The predicted octanol–water partition coefficient (Wildman–Crippen LogP) is 2.80. The van der Waals surface area contributed by atoms with E-state index in [1.54, 1.807) is 24.3 Å². The van der Waals surface area contributed by atoms with Gasteiger partial charge in [-0.1, -0.05) is 35.3 Å². The van der Waals surface area contributed by atoms with Gasteiger partial charge in [0.15, 0.2) is 0 Å². The molecule has 1 heterocycles. The number of fused-ring (bicyclic) bond motifs is 1. The molecule has 0 aliphatic carbocycles. The van der Waals surface area contributed by atoms with Gasteiger partial charge in [0.05, 0.1) is 31.4 Å². The number of nitrogens with two attached hydrogens (primary N) is 1. The van der Waals surface area contributed by atoms with Gasteiger partial charge in [-0.25, -0.2) is 13.1 Å². The summed E-state index contributed by atoms with van der Waals surface area (Å²) in [7, 11) is -1.66. The van der Waals surface area contributed by atoms with Crippen LogP contribution in [0.2, 0.25) is 10.0 Å². The molecule has 0 radical (unpaired) electrons. The molecule has 3 N–H and O–H groups in total. The van der Waals surface area contributed by atoms with Crippen molar-refractivity contribution in [1.29, 1.82) is 0 Å². The van der Waals surface area contributed by atoms with Crippen molar-refractivity contribution in [2.45, 2.75) is 17.4 Å². The molecular weight excluding hydrogens is 461 g/mol. The molecule has 170 valence electrons. The van der Waals surface area contributed by atoms with E-state index in [-0.39, 0.29) is 30.7 Å². The third-order valence-electron chi connectivity index (χ3n) is 5.09. The molecule has 1 unspecified atom stereocenters. The number of hydrogen-bond acceptors (Lipinski definition) is 6. The fourth-order valence-electron chi connectivity index (χ4n) is 3.66. The van der Waals surface area contributed by atoms with Gasteiger partial charge in [-0.15, -0.1) is 0 Å². The van der Waals surface area contributed by atoms with Crippen LogP contribution in [0.1, 0.15) is 22.6 Å². The van der Waals surface area contributed by atoms with E-state index in [4.69, 9.17) is 38.4 Å². The maximum absolute atomic E-state index is 12.8. The lowest BCUT2D eigenvalue weighted by molar-refractivity contribution is 0.0526. The van der Waals surface area contributed by atoms with Gasteiger partial charge < -0.3 is 20.1 Å². The number of ether oxygens (including phenoxy) is 2. The Bertz CT molecular complexity index is 1000. The van der Waals surface area contributed by atoms with E-state index in [1.807, 2.05) is 19.2 Å². The molecule has 1 atom stereocenters. The summed E-state index contributed by atoms with van der Waals surface area (Å²) >= 11 is 12.7. The summed E-state index contributed by atoms with van der Waals surface area (Å²) in [5.74, 6) is -0.0361. The van der Waals surface area contributed by atoms with Crippen molar-refractivity contribution in [3.05, 3.63) is 63.1 Å². The van der Waals surface area contributed by atoms with E-state index in [9.17, 15) is 8.42 Å². The number of likely N-dealkylation sites (N-methyl/N-ethyl adjacent to an activating group) is 1. The standard InChI is InChI=1S/C21H27Cl2N3O4S/c1-26-12-19(18-10-16(22)11-21(23)20(18)13-26)15-3-2-4-17(9-15)31(27,28)25-5-6-29-7-8-30-14-24/h2-4,9-11,19,25H,5-8,12-14,24H2,1H3. The van der Waals surface area contributed by atoms with Crippen LogP contribution in [0.4, 0.5) is 0 Å². The Morgan fingerprint density at radius 1 is 1.16 bits per heavy atom. The van der Waals surface area contributed by atoms with E-state index in [2.05, 4.69) is 9.62 Å². The zero-order valence-electron chi connectivity index (χ0n) is 17.3. The van der Waals surface area contributed by atoms with E-state index in [0.29, 0.717) is 23.3 Å². The maximum atomic E-state index is 12.8. The van der Waals surface area contributed by atoms with Crippen LogP contribution >= 0.6 is 23.2 Å². The van der Waals surface area contributed by atoms with Gasteiger partial charge in [-0.3, -0.25) is 0 Å². The van der Waals surface area contributed by atoms with E-state index in [1.165, 1.54) is 0 Å². The normalized spacial score (nSPS) is 17.0. The molecular formula is C21H27Cl2N3O4S. The van der Waals surface area contributed by atoms with E-state index < -0.39 is 10.0 Å². The molecule has 0 amide bonds. The first-order chi connectivity index (χ1) is 14.8. The molecule has 1 aliphatic rings. The Morgan fingerprint density at radius 3 is 2.71 bits per heavy atom. The second-order valence-corrected chi connectivity index (χ2v) is 9.97. The second kappa shape index (κ2) is 11.1. The summed E-state index contributed by atoms with van der Waals surface area (Å²) in [5, 5.41) is 1.20. The first-order valence-electron chi connectivity index (χ1n) is 9.93. The molecule has 0 saturated carbocycles. The van der Waals surface area contributed by atoms with Crippen molar-refractivity contribution in [1.82, 2.24) is 9.62 Å². The summed E-state index contributed by atoms with van der Waals surface area (Å²) in [6, 6.07) is 10.6. The minimum atomic E-state index is -3.67. The fraction of sp³-hybridized carbons (Fsp3) is 0.429. The van der Waals surface area contributed by atoms with Crippen molar-refractivity contribution in [3.63, 3.8) is 0 Å². The number of nitrogens with one attached hydrogen (secondary N) is 1. The number of halogens is 2. The summed E-state index contributed by atoms with van der Waals surface area (Å²) in [4.78, 5) is 2.37. The Balaban J connectivity index is 1.75. The average molecular weight is 488 g/mol. The van der Waals surface area contributed by atoms with Crippen LogP contribution in [0, 0.1) is 0 Å². The van der Waals surface area contributed by atoms with Gasteiger partial charge in [0.2, 0.25) is 10.0 Å². The smallest absolute Gasteiger partial charge is 0.240 e. The second-order valence-electron chi connectivity index (χ2n) is 7.36. The van der Waals surface area contributed by atoms with Crippen LogP contribution < -0.4 is 10.5 Å². The molecule has 0 aromatic heterocycles. The molecule has 31 heavy (non-hydrogen) atoms. The molecule has 3 rings (SSSR count). The van der Waals surface area contributed by atoms with Crippen LogP contribution in [0.15, 0.2) is 41.3 Å². The van der Waals surface area contributed by atoms with Crippen molar-refractivity contribution in [2.75, 3.05) is 46.7 Å². The monoisotopic (exact) mass is 487 g/mol. The van der Waals surface area contributed by atoms with Gasteiger partial charge in [0.25, 0.3) is 0 Å². The third-order valence-corrected chi connectivity index (χ3v) is 7.11. The van der Waals surface area contributed by atoms with E-state index in [0.717, 1.165) is 29.8 Å². The predicted molar refractivity (Wildman–Crippen MR) is 122 cm³/mol. The SMILES string of the molecule is CN1Cc2c(Cl)cc(Cl)cc2C(c2cccc(S(=O)(=O)NCCOCCOCN)c2)C1. The highest BCUT2D eigenvalue weighted by molar-refractivity contribution is 7.89. The highest BCUT2D eigenvalue weighted by Gasteiger charge is 2.28. The Kier molecular flexibility index (Phi) is 8.72. The van der Waals surface area contributed by atoms with Crippen molar-refractivity contribution in [2.24, 2.45) is 5.73 Å². The van der Waals surface area contributed by atoms with Crippen LogP contribution in [0.3, 0.4) is 0 Å². The number of hydrogen-bond donors (Lipinski definition) is 2. The number of sulfonamides is 1. The lowest BCUT2D eigenvalue weighted by Gasteiger charge is -2.33. The fourth-order valence-corrected chi connectivity index (χ4v) is 5.30. The molecule has 2 aromatic carbocycles. The van der Waals surface area contributed by atoms with Gasteiger partial charge in [0.1, 0.15) is 0 Å². The largest absolute Gasteiger partial charge is 0.378 e. The van der Waals surface area contributed by atoms with E-state index >= 15 is 0 Å². The van der Waals surface area contributed by atoms with Crippen LogP contribution in [-0.2, 0) is 26.0 Å². The minimum Gasteiger partial charge on any atom is -0.378 e. The van der Waals surface area contributed by atoms with Gasteiger partial charge in [-0.05, 0) is 48.0 Å². The average Bonchev–Trinajstić information content (AvgIpc) is 2.73. The van der Waals surface area contributed by atoms with Crippen LogP contribution in [0.5, 0.6) is 0 Å². The summed E-state index contributed by atoms with van der Waals surface area (Å²) < 4.78 is 38.4. The Morgan fingerprint density at radius 2 is 1.94 bits per heavy atom. The molecule has 1 aliphatic heterocycles. The van der Waals surface area contributed by atoms with Gasteiger partial charge >= 0.3 is 0 Å².